The number of hydrogen-bond acceptors (Lipinski definition) is 2. The van der Waals surface area contributed by atoms with Gasteiger partial charge in [0.2, 0.25) is 0 Å². The molecule has 2 aromatic rings. The molecule has 27 heavy (non-hydrogen) atoms. The largest absolute Gasteiger partial charge is 0.493 e. The van der Waals surface area contributed by atoms with Crippen LogP contribution in [0.2, 0.25) is 0 Å². The summed E-state index contributed by atoms with van der Waals surface area (Å²) in [6.07, 6.45) is 2.00. The van der Waals surface area contributed by atoms with Crippen LogP contribution in [0.25, 0.3) is 0 Å². The number of halogens is 1. The molecule has 0 aromatic heterocycles. The number of aryl methyl sites for hydroxylation is 2. The summed E-state index contributed by atoms with van der Waals surface area (Å²) < 4.78 is 6.02. The van der Waals surface area contributed by atoms with Crippen molar-refractivity contribution in [1.29, 1.82) is 0 Å². The number of hydrogen-bond donors (Lipinski definition) is 0. The van der Waals surface area contributed by atoms with E-state index in [1.54, 1.807) is 0 Å². The molecule has 1 unspecified atom stereocenters. The first-order valence-electron chi connectivity index (χ1n) is 9.22. The first-order valence-corrected chi connectivity index (χ1v) is 9.65. The van der Waals surface area contributed by atoms with Crippen LogP contribution in [0.4, 0.5) is 0 Å². The first kappa shape index (κ1) is 22.6. The Bertz CT molecular complexity index is 790. The molecule has 1 fully saturated rings. The van der Waals surface area contributed by atoms with E-state index in [2.05, 4.69) is 44.2 Å². The fraction of sp³-hybridized carbons (Fsp3) is 0.391. The fourth-order valence-electron chi connectivity index (χ4n) is 3.80. The van der Waals surface area contributed by atoms with Gasteiger partial charge in [0.05, 0.1) is 12.5 Å². The van der Waals surface area contributed by atoms with E-state index >= 15 is 0 Å². The molecule has 0 spiro atoms. The molecule has 1 aliphatic rings. The molecule has 0 N–H and O–H groups in total. The summed E-state index contributed by atoms with van der Waals surface area (Å²) in [6.45, 7) is 8.44. The van der Waals surface area contributed by atoms with Crippen molar-refractivity contribution in [3.05, 3.63) is 71.6 Å². The Hall–Kier alpha value is -0.696. The van der Waals surface area contributed by atoms with Gasteiger partial charge < -0.3 is 11.7 Å². The molecule has 0 heterocycles. The molecule has 4 heteroatoms. The van der Waals surface area contributed by atoms with Gasteiger partial charge in [-0.1, -0.05) is 47.5 Å². The van der Waals surface area contributed by atoms with E-state index in [1.807, 2.05) is 19.1 Å². The molecule has 141 valence electrons. The zero-order valence-electron chi connectivity index (χ0n) is 16.1. The summed E-state index contributed by atoms with van der Waals surface area (Å²) in [7, 11) is 0. The molecule has 1 saturated carbocycles. The predicted octanol–water partition coefficient (Wildman–Crippen LogP) is 5.11. The van der Waals surface area contributed by atoms with Crippen LogP contribution in [0.1, 0.15) is 28.7 Å². The Morgan fingerprint density at radius 2 is 1.89 bits per heavy atom. The maximum Gasteiger partial charge on any atom is 0.141 e. The standard InChI is InChI=1S/C23H26ClO2.Y/c1-4-17-6-5-7-18(11-17)12-19-20(22(25)13-21(19)24)14-26-23-9-8-15(2)10-16(23)3;/h5-11,19-21H,1,4,12-14H2,2-3H3;/q-1;/t19-,20-,21?;/m1./s1. The number of ketones is 1. The van der Waals surface area contributed by atoms with Crippen LogP contribution >= 0.6 is 11.6 Å². The van der Waals surface area contributed by atoms with Crippen molar-refractivity contribution < 1.29 is 42.2 Å². The number of carbonyl (C=O) groups is 1. The van der Waals surface area contributed by atoms with Crippen LogP contribution in [0.5, 0.6) is 5.75 Å². The molecule has 0 saturated heterocycles. The molecule has 0 amide bonds. The summed E-state index contributed by atoms with van der Waals surface area (Å²) >= 11 is 6.54. The minimum atomic E-state index is -0.151. The zero-order valence-corrected chi connectivity index (χ0v) is 19.7. The predicted molar refractivity (Wildman–Crippen MR) is 107 cm³/mol. The van der Waals surface area contributed by atoms with Gasteiger partial charge >= 0.3 is 0 Å². The Morgan fingerprint density at radius 3 is 2.59 bits per heavy atom. The monoisotopic (exact) mass is 458 g/mol. The number of rotatable bonds is 6. The van der Waals surface area contributed by atoms with Gasteiger partial charge in [-0.15, -0.1) is 11.6 Å². The van der Waals surface area contributed by atoms with Crippen molar-refractivity contribution >= 4 is 17.4 Å². The molecule has 1 aliphatic carbocycles. The van der Waals surface area contributed by atoms with E-state index < -0.39 is 0 Å². The molecule has 0 aliphatic heterocycles. The number of benzene rings is 2. The molecule has 3 rings (SSSR count). The van der Waals surface area contributed by atoms with E-state index in [-0.39, 0.29) is 55.7 Å². The molecule has 2 aromatic carbocycles. The summed E-state index contributed by atoms with van der Waals surface area (Å²) in [6, 6.07) is 14.5. The van der Waals surface area contributed by atoms with Gasteiger partial charge in [0.15, 0.2) is 0 Å². The minimum absolute atomic E-state index is 0. The topological polar surface area (TPSA) is 26.3 Å². The number of Topliss-reactive ketones (excluding diaryl/α,β-unsaturated/α-hetero) is 1. The van der Waals surface area contributed by atoms with Crippen LogP contribution in [0.3, 0.4) is 0 Å². The molecule has 0 bridgehead atoms. The minimum Gasteiger partial charge on any atom is -0.493 e. The summed E-state index contributed by atoms with van der Waals surface area (Å²) in [4.78, 5) is 12.5. The Labute approximate surface area is 192 Å². The second-order valence-electron chi connectivity index (χ2n) is 7.31. The van der Waals surface area contributed by atoms with E-state index in [0.717, 1.165) is 24.2 Å². The van der Waals surface area contributed by atoms with Crippen LogP contribution in [0.15, 0.2) is 42.5 Å². The zero-order chi connectivity index (χ0) is 18.7. The number of ether oxygens (including phenoxy) is 1. The van der Waals surface area contributed by atoms with Crippen molar-refractivity contribution in [1.82, 2.24) is 0 Å². The van der Waals surface area contributed by atoms with Gasteiger partial charge in [-0.05, 0) is 43.4 Å². The first-order chi connectivity index (χ1) is 12.5. The second kappa shape index (κ2) is 10.2. The summed E-state index contributed by atoms with van der Waals surface area (Å²) in [5.41, 5.74) is 4.72. The quantitative estimate of drug-likeness (QED) is 0.444. The third-order valence-electron chi connectivity index (χ3n) is 5.29. The van der Waals surface area contributed by atoms with Crippen molar-refractivity contribution in [3.63, 3.8) is 0 Å². The van der Waals surface area contributed by atoms with Crippen molar-refractivity contribution in [2.24, 2.45) is 11.8 Å². The molecule has 3 atom stereocenters. The van der Waals surface area contributed by atoms with Gasteiger partial charge in [0.1, 0.15) is 11.5 Å². The van der Waals surface area contributed by atoms with E-state index in [1.165, 1.54) is 16.7 Å². The SMILES string of the molecule is [CH2-]Cc1cccc(C[C@H]2C(Cl)CC(=O)[C@@H]2COc2ccc(C)cc2C)c1.[Y]. The average molecular weight is 459 g/mol. The van der Waals surface area contributed by atoms with Crippen molar-refractivity contribution in [2.45, 2.75) is 38.5 Å². The molecule has 1 radical (unpaired) electrons. The third-order valence-corrected chi connectivity index (χ3v) is 5.77. The van der Waals surface area contributed by atoms with Crippen LogP contribution in [-0.4, -0.2) is 17.8 Å². The smallest absolute Gasteiger partial charge is 0.141 e. The molecule has 2 nitrogen and oxygen atoms in total. The number of carbonyl (C=O) groups excluding carboxylic acids is 1. The van der Waals surface area contributed by atoms with E-state index in [4.69, 9.17) is 16.3 Å². The third kappa shape index (κ3) is 5.65. The van der Waals surface area contributed by atoms with Crippen molar-refractivity contribution in [3.8, 4) is 5.75 Å². The maximum absolute atomic E-state index is 12.5. The van der Waals surface area contributed by atoms with E-state index in [0.29, 0.717) is 13.0 Å². The Balaban J connectivity index is 0.00000261. The average Bonchev–Trinajstić information content (AvgIpc) is 2.88. The van der Waals surface area contributed by atoms with Crippen LogP contribution in [-0.2, 0) is 50.3 Å². The Kier molecular flexibility index (Phi) is 8.52. The van der Waals surface area contributed by atoms with E-state index in [9.17, 15) is 4.79 Å². The van der Waals surface area contributed by atoms with Crippen LogP contribution < -0.4 is 4.74 Å². The van der Waals surface area contributed by atoms with Gasteiger partial charge in [-0.2, -0.15) is 6.42 Å². The molecular formula is C23H26ClO2Y-. The van der Waals surface area contributed by atoms with Crippen LogP contribution in [0, 0.1) is 32.6 Å². The maximum atomic E-state index is 12.5. The summed E-state index contributed by atoms with van der Waals surface area (Å²) in [5.74, 6) is 1.02. The number of alkyl halides is 1. The van der Waals surface area contributed by atoms with Gasteiger partial charge in [0.25, 0.3) is 0 Å². The fourth-order valence-corrected chi connectivity index (χ4v) is 4.21. The van der Waals surface area contributed by atoms with Crippen molar-refractivity contribution in [2.75, 3.05) is 6.61 Å². The molecular weight excluding hydrogens is 433 g/mol. The summed E-state index contributed by atoms with van der Waals surface area (Å²) in [5, 5.41) is -0.126. The normalized spacial score (nSPS) is 21.8. The van der Waals surface area contributed by atoms with Gasteiger partial charge in [-0.3, -0.25) is 4.79 Å². The van der Waals surface area contributed by atoms with Gasteiger partial charge in [-0.25, -0.2) is 0 Å². The second-order valence-corrected chi connectivity index (χ2v) is 7.87. The van der Waals surface area contributed by atoms with Gasteiger partial charge in [0, 0.05) is 44.5 Å². The Morgan fingerprint density at radius 1 is 1.15 bits per heavy atom.